The van der Waals surface area contributed by atoms with Crippen LogP contribution in [0.2, 0.25) is 0 Å². The molecule has 0 fully saturated rings. The Bertz CT molecular complexity index is 1830. The van der Waals surface area contributed by atoms with Gasteiger partial charge >= 0.3 is 0 Å². The first-order valence-electron chi connectivity index (χ1n) is 12.4. The number of phenols is 1. The predicted octanol–water partition coefficient (Wildman–Crippen LogP) is 5.31. The monoisotopic (exact) mass is 536 g/mol. The van der Waals surface area contributed by atoms with E-state index in [1.165, 1.54) is 0 Å². The van der Waals surface area contributed by atoms with Crippen LogP contribution in [-0.4, -0.2) is 44.4 Å². The number of rotatable bonds is 6. The van der Waals surface area contributed by atoms with Gasteiger partial charge in [0.15, 0.2) is 0 Å². The Labute approximate surface area is 228 Å². The number of nitrogens with zero attached hydrogens (tertiary/aromatic N) is 2. The van der Waals surface area contributed by atoms with Crippen LogP contribution in [0.25, 0.3) is 33.3 Å². The fourth-order valence-electron chi connectivity index (χ4n) is 4.44. The maximum atomic E-state index is 13.1. The lowest BCUT2D eigenvalue weighted by Crippen LogP contribution is -2.24. The number of aryl methyl sites for hydroxylation is 1. The molecule has 0 saturated carbocycles. The van der Waals surface area contributed by atoms with Crippen molar-refractivity contribution in [3.63, 3.8) is 0 Å². The third-order valence-electron chi connectivity index (χ3n) is 6.41. The lowest BCUT2D eigenvalue weighted by atomic mass is 10.1. The van der Waals surface area contributed by atoms with Crippen molar-refractivity contribution in [3.8, 4) is 40.1 Å². The molecule has 0 spiro atoms. The van der Waals surface area contributed by atoms with Crippen LogP contribution in [0, 0.1) is 18.8 Å². The normalized spacial score (nSPS) is 11.3. The molecule has 3 N–H and O–H groups in total. The van der Waals surface area contributed by atoms with Gasteiger partial charge in [-0.1, -0.05) is 59.9 Å². The van der Waals surface area contributed by atoms with E-state index in [0.29, 0.717) is 10.9 Å². The lowest BCUT2D eigenvalue weighted by molar-refractivity contribution is 0.477. The molecular formula is C31H28N4O3S. The van der Waals surface area contributed by atoms with Gasteiger partial charge in [-0.3, -0.25) is 5.10 Å². The highest BCUT2D eigenvalue weighted by Gasteiger charge is 2.17. The molecule has 196 valence electrons. The molecule has 0 radical (unpaired) electrons. The minimum atomic E-state index is -3.75. The van der Waals surface area contributed by atoms with E-state index in [0.717, 1.165) is 39.2 Å². The number of hydrogen-bond donors (Lipinski definition) is 3. The fraction of sp³-hybridized carbons (Fsp3) is 0.129. The zero-order valence-corrected chi connectivity index (χ0v) is 22.7. The van der Waals surface area contributed by atoms with Crippen LogP contribution < -0.4 is 9.62 Å². The van der Waals surface area contributed by atoms with Gasteiger partial charge in [0.05, 0.1) is 22.8 Å². The van der Waals surface area contributed by atoms with E-state index < -0.39 is 10.0 Å². The van der Waals surface area contributed by atoms with E-state index >= 15 is 0 Å². The van der Waals surface area contributed by atoms with Crippen molar-refractivity contribution in [2.24, 2.45) is 0 Å². The number of phenolic OH excluding ortho intramolecular Hbond substituents is 1. The summed E-state index contributed by atoms with van der Waals surface area (Å²) >= 11 is 0. The number of anilines is 1. The molecule has 7 nitrogen and oxygen atoms in total. The molecular weight excluding hydrogens is 508 g/mol. The largest absolute Gasteiger partial charge is 0.507 e. The number of sulfonamides is 1. The summed E-state index contributed by atoms with van der Waals surface area (Å²) in [4.78, 5) is 2.19. The minimum absolute atomic E-state index is 0.0173. The van der Waals surface area contributed by atoms with Gasteiger partial charge in [-0.2, -0.15) is 9.82 Å². The number of aromatic hydroxyl groups is 1. The van der Waals surface area contributed by atoms with Crippen LogP contribution in [0.4, 0.5) is 5.69 Å². The smallest absolute Gasteiger partial charge is 0.242 e. The molecule has 0 unspecified atom stereocenters. The molecule has 5 rings (SSSR count). The zero-order valence-electron chi connectivity index (χ0n) is 21.9. The third-order valence-corrected chi connectivity index (χ3v) is 7.87. The minimum Gasteiger partial charge on any atom is -0.507 e. The van der Waals surface area contributed by atoms with Crippen molar-refractivity contribution >= 4 is 26.5 Å². The molecule has 8 heteroatoms. The third kappa shape index (κ3) is 5.50. The maximum Gasteiger partial charge on any atom is 0.242 e. The molecule has 0 atom stereocenters. The Kier molecular flexibility index (Phi) is 7.11. The first-order chi connectivity index (χ1) is 18.7. The molecule has 1 heterocycles. The second kappa shape index (κ2) is 10.7. The number of aromatic nitrogens is 2. The summed E-state index contributed by atoms with van der Waals surface area (Å²) in [6.45, 7) is 1.95. The molecule has 1 aromatic heterocycles. The molecule has 0 aliphatic carbocycles. The van der Waals surface area contributed by atoms with Crippen molar-refractivity contribution in [2.45, 2.75) is 11.8 Å². The van der Waals surface area contributed by atoms with Crippen LogP contribution in [0.5, 0.6) is 5.75 Å². The predicted molar refractivity (Wildman–Crippen MR) is 156 cm³/mol. The molecule has 39 heavy (non-hydrogen) atoms. The van der Waals surface area contributed by atoms with Gasteiger partial charge in [0.25, 0.3) is 0 Å². The van der Waals surface area contributed by atoms with E-state index in [1.54, 1.807) is 18.2 Å². The van der Waals surface area contributed by atoms with Gasteiger partial charge in [0, 0.05) is 47.2 Å². The van der Waals surface area contributed by atoms with E-state index in [2.05, 4.69) is 26.8 Å². The first-order valence-corrected chi connectivity index (χ1v) is 13.8. The Hall–Kier alpha value is -4.58. The van der Waals surface area contributed by atoms with Crippen LogP contribution in [0.1, 0.15) is 11.1 Å². The highest BCUT2D eigenvalue weighted by molar-refractivity contribution is 7.89. The topological polar surface area (TPSA) is 98.3 Å². The molecule has 0 amide bonds. The molecule has 0 aliphatic rings. The second-order valence-electron chi connectivity index (χ2n) is 9.41. The summed E-state index contributed by atoms with van der Waals surface area (Å²) in [6, 6.07) is 25.8. The van der Waals surface area contributed by atoms with Crippen molar-refractivity contribution in [1.29, 1.82) is 0 Å². The van der Waals surface area contributed by atoms with Gasteiger partial charge in [0.1, 0.15) is 5.75 Å². The zero-order chi connectivity index (χ0) is 27.6. The van der Waals surface area contributed by atoms with Crippen LogP contribution in [0.15, 0.2) is 89.8 Å². The summed E-state index contributed by atoms with van der Waals surface area (Å²) in [7, 11) is 0.107. The number of fused-ring (bicyclic) bond motifs is 1. The average molecular weight is 537 g/mol. The molecule has 5 aromatic rings. The van der Waals surface area contributed by atoms with E-state index in [4.69, 9.17) is 0 Å². The Morgan fingerprint density at radius 3 is 2.46 bits per heavy atom. The van der Waals surface area contributed by atoms with Crippen molar-refractivity contribution in [2.75, 3.05) is 25.5 Å². The van der Waals surface area contributed by atoms with Gasteiger partial charge in [-0.15, -0.1) is 0 Å². The lowest BCUT2D eigenvalue weighted by Gasteiger charge is -2.16. The second-order valence-corrected chi connectivity index (χ2v) is 11.1. The number of nitrogens with one attached hydrogen (secondary N) is 2. The van der Waals surface area contributed by atoms with Crippen LogP contribution in [-0.2, 0) is 10.0 Å². The van der Waals surface area contributed by atoms with Gasteiger partial charge in [-0.25, -0.2) is 8.42 Å². The molecule has 0 bridgehead atoms. The average Bonchev–Trinajstić information content (AvgIpc) is 3.42. The summed E-state index contributed by atoms with van der Waals surface area (Å²) in [5.74, 6) is 6.10. The number of aromatic amines is 1. The van der Waals surface area contributed by atoms with Crippen molar-refractivity contribution in [1.82, 2.24) is 14.9 Å². The molecule has 0 saturated heterocycles. The fourth-order valence-corrected chi connectivity index (χ4v) is 5.58. The molecule has 0 aliphatic heterocycles. The van der Waals surface area contributed by atoms with Gasteiger partial charge < -0.3 is 10.0 Å². The Balaban J connectivity index is 1.28. The van der Waals surface area contributed by atoms with E-state index in [1.807, 2.05) is 92.6 Å². The van der Waals surface area contributed by atoms with Crippen LogP contribution in [0.3, 0.4) is 0 Å². The van der Waals surface area contributed by atoms with Crippen molar-refractivity contribution in [3.05, 3.63) is 96.1 Å². The maximum absolute atomic E-state index is 13.1. The van der Waals surface area contributed by atoms with Crippen molar-refractivity contribution < 1.29 is 13.5 Å². The SMILES string of the molecule is Cc1ccc(O)c(-c2cc(-c3ccc(C#CCNS(=O)(=O)c4cccc5c(N(C)C)cccc45)cc3)n[nH]2)c1. The quantitative estimate of drug-likeness (QED) is 0.256. The van der Waals surface area contributed by atoms with Crippen LogP contribution >= 0.6 is 0 Å². The summed E-state index contributed by atoms with van der Waals surface area (Å²) in [5, 5.41) is 19.1. The number of hydrogen-bond acceptors (Lipinski definition) is 5. The standard InChI is InChI=1S/C31H28N4O3S/c1-21-12-17-30(36)26(19-21)28-20-27(33-34-28)23-15-13-22(14-16-23)7-6-18-32-39(37,38)31-11-5-8-24-25(31)9-4-10-29(24)35(2)3/h4-5,8-17,19-20,32,36H,18H2,1-3H3,(H,33,34). The Morgan fingerprint density at radius 1 is 0.949 bits per heavy atom. The Morgan fingerprint density at radius 2 is 1.69 bits per heavy atom. The highest BCUT2D eigenvalue weighted by Crippen LogP contribution is 2.32. The summed E-state index contributed by atoms with van der Waals surface area (Å²) < 4.78 is 28.7. The number of benzene rings is 4. The van der Waals surface area contributed by atoms with E-state index in [9.17, 15) is 13.5 Å². The summed E-state index contributed by atoms with van der Waals surface area (Å²) in [6.07, 6.45) is 0. The molecule has 4 aromatic carbocycles. The van der Waals surface area contributed by atoms with Gasteiger partial charge in [0.2, 0.25) is 10.0 Å². The highest BCUT2D eigenvalue weighted by atomic mass is 32.2. The van der Waals surface area contributed by atoms with Gasteiger partial charge in [-0.05, 0) is 49.4 Å². The summed E-state index contributed by atoms with van der Waals surface area (Å²) in [5.41, 5.74) is 5.80. The number of H-pyrrole nitrogens is 1. The first kappa shape index (κ1) is 26.0. The van der Waals surface area contributed by atoms with E-state index in [-0.39, 0.29) is 17.2 Å².